The second kappa shape index (κ2) is 4.96. The van der Waals surface area contributed by atoms with Crippen molar-refractivity contribution >= 4 is 5.97 Å². The van der Waals surface area contributed by atoms with Gasteiger partial charge in [-0.3, -0.25) is 4.79 Å². The van der Waals surface area contributed by atoms with E-state index in [1.54, 1.807) is 0 Å². The Labute approximate surface area is 73.6 Å². The minimum absolute atomic E-state index is 0.0215. The molecule has 1 atom stereocenters. The van der Waals surface area contributed by atoms with Crippen LogP contribution in [0.4, 0.5) is 0 Å². The largest absolute Gasteiger partial charge is 0.462 e. The molecule has 0 amide bonds. The summed E-state index contributed by atoms with van der Waals surface area (Å²) in [6, 6.07) is 0. The zero-order valence-electron chi connectivity index (χ0n) is 7.58. The first-order valence-electron chi connectivity index (χ1n) is 4.63. The third-order valence-electron chi connectivity index (χ3n) is 2.10. The van der Waals surface area contributed by atoms with Crippen LogP contribution in [0.3, 0.4) is 0 Å². The molecule has 0 N–H and O–H groups in total. The van der Waals surface area contributed by atoms with Gasteiger partial charge in [-0.15, -0.1) is 0 Å². The lowest BCUT2D eigenvalue weighted by atomic mass is 10.0. The molecular weight excluding hydrogens is 152 g/mol. The summed E-state index contributed by atoms with van der Waals surface area (Å²) in [5.74, 6) is -0.0215. The summed E-state index contributed by atoms with van der Waals surface area (Å²) in [7, 11) is 0. The topological polar surface area (TPSA) is 26.3 Å². The summed E-state index contributed by atoms with van der Waals surface area (Å²) in [5.41, 5.74) is 0. The number of hydrogen-bond acceptors (Lipinski definition) is 2. The molecule has 1 heterocycles. The zero-order valence-corrected chi connectivity index (χ0v) is 7.58. The summed E-state index contributed by atoms with van der Waals surface area (Å²) < 4.78 is 5.16. The van der Waals surface area contributed by atoms with E-state index in [1.165, 1.54) is 0 Å². The number of rotatable bonds is 3. The first kappa shape index (κ1) is 9.30. The van der Waals surface area contributed by atoms with E-state index in [-0.39, 0.29) is 12.1 Å². The third kappa shape index (κ3) is 3.07. The van der Waals surface area contributed by atoms with Crippen molar-refractivity contribution in [3.8, 4) is 0 Å². The van der Waals surface area contributed by atoms with Crippen molar-refractivity contribution in [3.63, 3.8) is 0 Å². The minimum Gasteiger partial charge on any atom is -0.462 e. The molecule has 0 aromatic carbocycles. The van der Waals surface area contributed by atoms with Gasteiger partial charge in [0.1, 0.15) is 6.10 Å². The number of carbonyl (C=O) groups excluding carboxylic acids is 1. The first-order valence-corrected chi connectivity index (χ1v) is 4.63. The molecule has 12 heavy (non-hydrogen) atoms. The Balaban J connectivity index is 2.18. The van der Waals surface area contributed by atoms with Crippen molar-refractivity contribution in [2.75, 3.05) is 0 Å². The number of allylic oxidation sites excluding steroid dienone is 2. The molecule has 0 aromatic heterocycles. The summed E-state index contributed by atoms with van der Waals surface area (Å²) in [4.78, 5) is 10.9. The molecule has 2 nitrogen and oxygen atoms in total. The molecule has 0 bridgehead atoms. The average molecular weight is 168 g/mol. The molecule has 0 spiro atoms. The number of carbonyl (C=O) groups is 1. The van der Waals surface area contributed by atoms with Gasteiger partial charge in [0.05, 0.1) is 0 Å². The van der Waals surface area contributed by atoms with Gasteiger partial charge < -0.3 is 4.74 Å². The molecule has 0 aliphatic carbocycles. The van der Waals surface area contributed by atoms with Gasteiger partial charge in [-0.1, -0.05) is 12.2 Å². The second-order valence-electron chi connectivity index (χ2n) is 3.15. The van der Waals surface area contributed by atoms with E-state index < -0.39 is 0 Å². The number of hydrogen-bond donors (Lipinski definition) is 0. The van der Waals surface area contributed by atoms with Gasteiger partial charge in [0.25, 0.3) is 0 Å². The van der Waals surface area contributed by atoms with E-state index in [0.29, 0.717) is 6.42 Å². The van der Waals surface area contributed by atoms with E-state index in [4.69, 9.17) is 4.74 Å². The van der Waals surface area contributed by atoms with Crippen LogP contribution in [0.2, 0.25) is 0 Å². The Morgan fingerprint density at radius 3 is 3.17 bits per heavy atom. The van der Waals surface area contributed by atoms with Crippen molar-refractivity contribution in [3.05, 3.63) is 12.2 Å². The summed E-state index contributed by atoms with van der Waals surface area (Å²) in [6.45, 7) is 2.01. The van der Waals surface area contributed by atoms with Gasteiger partial charge in [-0.2, -0.15) is 0 Å². The fourth-order valence-corrected chi connectivity index (χ4v) is 1.43. The van der Waals surface area contributed by atoms with Crippen molar-refractivity contribution in [2.24, 2.45) is 0 Å². The molecule has 1 aliphatic rings. The highest BCUT2D eigenvalue weighted by molar-refractivity contribution is 5.70. The third-order valence-corrected chi connectivity index (χ3v) is 2.10. The monoisotopic (exact) mass is 168 g/mol. The number of esters is 1. The predicted octanol–water partition coefficient (Wildman–Crippen LogP) is 2.44. The highest BCUT2D eigenvalue weighted by atomic mass is 16.5. The SMILES string of the molecule is CC=CCC[C@H]1CCCC(=O)O1. The van der Waals surface area contributed by atoms with Crippen molar-refractivity contribution in [2.45, 2.75) is 45.1 Å². The van der Waals surface area contributed by atoms with Crippen molar-refractivity contribution < 1.29 is 9.53 Å². The Morgan fingerprint density at radius 2 is 2.50 bits per heavy atom. The summed E-state index contributed by atoms with van der Waals surface area (Å²) in [5, 5.41) is 0. The van der Waals surface area contributed by atoms with Gasteiger partial charge in [0, 0.05) is 6.42 Å². The number of cyclic esters (lactones) is 1. The van der Waals surface area contributed by atoms with Crippen molar-refractivity contribution in [1.29, 1.82) is 0 Å². The van der Waals surface area contributed by atoms with Crippen LogP contribution in [0.1, 0.15) is 39.0 Å². The first-order chi connectivity index (χ1) is 5.83. The molecular formula is C10H16O2. The maximum absolute atomic E-state index is 10.9. The van der Waals surface area contributed by atoms with Gasteiger partial charge in [0.2, 0.25) is 0 Å². The predicted molar refractivity (Wildman–Crippen MR) is 47.8 cm³/mol. The Morgan fingerprint density at radius 1 is 1.67 bits per heavy atom. The molecule has 0 radical (unpaired) electrons. The lowest BCUT2D eigenvalue weighted by molar-refractivity contribution is -0.153. The zero-order chi connectivity index (χ0) is 8.81. The normalized spacial score (nSPS) is 24.4. The van der Waals surface area contributed by atoms with Crippen LogP contribution in [0, 0.1) is 0 Å². The van der Waals surface area contributed by atoms with Crippen LogP contribution in [0.15, 0.2) is 12.2 Å². The lowest BCUT2D eigenvalue weighted by Crippen LogP contribution is -2.23. The maximum Gasteiger partial charge on any atom is 0.306 e. The maximum atomic E-state index is 10.9. The van der Waals surface area contributed by atoms with Crippen molar-refractivity contribution in [1.82, 2.24) is 0 Å². The lowest BCUT2D eigenvalue weighted by Gasteiger charge is -2.21. The van der Waals surface area contributed by atoms with E-state index in [9.17, 15) is 4.79 Å². The van der Waals surface area contributed by atoms with E-state index in [0.717, 1.165) is 25.7 Å². The molecule has 0 saturated carbocycles. The fourth-order valence-electron chi connectivity index (χ4n) is 1.43. The van der Waals surface area contributed by atoms with Crippen LogP contribution in [0.5, 0.6) is 0 Å². The fraction of sp³-hybridized carbons (Fsp3) is 0.700. The Bertz CT molecular complexity index is 173. The van der Waals surface area contributed by atoms with Crippen LogP contribution >= 0.6 is 0 Å². The summed E-state index contributed by atoms with van der Waals surface area (Å²) in [6.07, 6.45) is 8.99. The molecule has 2 heteroatoms. The molecule has 68 valence electrons. The molecule has 1 rings (SSSR count). The molecule has 0 aromatic rings. The molecule has 0 unspecified atom stereocenters. The highest BCUT2D eigenvalue weighted by Crippen LogP contribution is 2.17. The Hall–Kier alpha value is -0.790. The smallest absolute Gasteiger partial charge is 0.306 e. The van der Waals surface area contributed by atoms with E-state index in [2.05, 4.69) is 6.08 Å². The van der Waals surface area contributed by atoms with Crippen LogP contribution in [0.25, 0.3) is 0 Å². The molecule has 1 aliphatic heterocycles. The number of ether oxygens (including phenoxy) is 1. The minimum atomic E-state index is -0.0215. The standard InChI is InChI=1S/C10H16O2/c1-2-3-4-6-9-7-5-8-10(11)12-9/h2-3,9H,4-8H2,1H3/t9-/m0/s1. The summed E-state index contributed by atoms with van der Waals surface area (Å²) >= 11 is 0. The molecule has 1 saturated heterocycles. The molecule has 1 fully saturated rings. The van der Waals surface area contributed by atoms with Gasteiger partial charge in [-0.05, 0) is 32.6 Å². The highest BCUT2D eigenvalue weighted by Gasteiger charge is 2.18. The van der Waals surface area contributed by atoms with E-state index >= 15 is 0 Å². The van der Waals surface area contributed by atoms with Gasteiger partial charge >= 0.3 is 5.97 Å². The second-order valence-corrected chi connectivity index (χ2v) is 3.15. The quantitative estimate of drug-likeness (QED) is 0.478. The van der Waals surface area contributed by atoms with Gasteiger partial charge in [0.15, 0.2) is 0 Å². The Kier molecular flexibility index (Phi) is 3.85. The van der Waals surface area contributed by atoms with Gasteiger partial charge in [-0.25, -0.2) is 0 Å². The van der Waals surface area contributed by atoms with Crippen LogP contribution in [-0.2, 0) is 9.53 Å². The van der Waals surface area contributed by atoms with E-state index in [1.807, 2.05) is 13.0 Å². The van der Waals surface area contributed by atoms with Crippen LogP contribution < -0.4 is 0 Å². The van der Waals surface area contributed by atoms with Crippen LogP contribution in [-0.4, -0.2) is 12.1 Å². The average Bonchev–Trinajstić information content (AvgIpc) is 2.05.